The normalized spacial score (nSPS) is 12.1. The first-order valence-corrected chi connectivity index (χ1v) is 8.54. The second kappa shape index (κ2) is 7.14. The van der Waals surface area contributed by atoms with Gasteiger partial charge >= 0.3 is 5.97 Å². The molecule has 0 unspecified atom stereocenters. The Labute approximate surface area is 155 Å². The molecule has 2 aromatic heterocycles. The maximum Gasteiger partial charge on any atom is 0.337 e. The zero-order valence-electron chi connectivity index (χ0n) is 15.6. The summed E-state index contributed by atoms with van der Waals surface area (Å²) in [5, 5.41) is 4.50. The highest BCUT2D eigenvalue weighted by atomic mass is 16.5. The van der Waals surface area contributed by atoms with Gasteiger partial charge in [-0.1, -0.05) is 17.7 Å². The minimum absolute atomic E-state index is 0.109. The minimum Gasteiger partial charge on any atom is -0.464 e. The van der Waals surface area contributed by atoms with Crippen molar-refractivity contribution in [2.75, 3.05) is 6.61 Å². The van der Waals surface area contributed by atoms with Gasteiger partial charge in [0.2, 0.25) is 0 Å². The van der Waals surface area contributed by atoms with Gasteiger partial charge in [0, 0.05) is 0 Å². The van der Waals surface area contributed by atoms with E-state index in [0.717, 1.165) is 21.4 Å². The number of esters is 1. The van der Waals surface area contributed by atoms with Crippen LogP contribution in [0.25, 0.3) is 16.7 Å². The van der Waals surface area contributed by atoms with Gasteiger partial charge in [0.25, 0.3) is 5.56 Å². The molecular weight excluding hydrogens is 348 g/mol. The minimum atomic E-state index is -1.36. The Morgan fingerprint density at radius 2 is 2.00 bits per heavy atom. The Morgan fingerprint density at radius 1 is 1.26 bits per heavy atom. The molecule has 0 saturated carbocycles. The van der Waals surface area contributed by atoms with Gasteiger partial charge in [-0.15, -0.1) is 0 Å². The Hall–Kier alpha value is -3.29. The molecule has 0 aliphatic heterocycles. The Balaban J connectivity index is 2.16. The van der Waals surface area contributed by atoms with Crippen LogP contribution < -0.4 is 5.56 Å². The average Bonchev–Trinajstić information content (AvgIpc) is 3.02. The lowest BCUT2D eigenvalue weighted by Gasteiger charge is -2.15. The lowest BCUT2D eigenvalue weighted by molar-refractivity contribution is -0.150. The molecule has 1 aromatic carbocycles. The number of ether oxygens (including phenoxy) is 1. The van der Waals surface area contributed by atoms with Crippen LogP contribution in [0.3, 0.4) is 0 Å². The van der Waals surface area contributed by atoms with E-state index in [-0.39, 0.29) is 12.0 Å². The van der Waals surface area contributed by atoms with Gasteiger partial charge < -0.3 is 4.74 Å². The lowest BCUT2D eigenvalue weighted by atomic mass is 10.1. The molecule has 0 amide bonds. The smallest absolute Gasteiger partial charge is 0.337 e. The molecule has 140 valence electrons. The molecule has 0 saturated heterocycles. The van der Waals surface area contributed by atoms with E-state index in [0.29, 0.717) is 5.65 Å². The highest BCUT2D eigenvalue weighted by Crippen LogP contribution is 2.19. The molecule has 8 heteroatoms. The van der Waals surface area contributed by atoms with Crippen LogP contribution in [-0.2, 0) is 14.3 Å². The van der Waals surface area contributed by atoms with Gasteiger partial charge in [0.05, 0.1) is 18.5 Å². The number of hydrogen-bond donors (Lipinski definition) is 0. The van der Waals surface area contributed by atoms with E-state index in [1.807, 2.05) is 32.0 Å². The van der Waals surface area contributed by atoms with Crippen LogP contribution in [0.1, 0.15) is 31.0 Å². The van der Waals surface area contributed by atoms with Crippen LogP contribution >= 0.6 is 0 Å². The van der Waals surface area contributed by atoms with Crippen molar-refractivity contribution in [2.45, 2.75) is 33.7 Å². The number of aromatic nitrogens is 4. The molecule has 0 N–H and O–H groups in total. The summed E-state index contributed by atoms with van der Waals surface area (Å²) in [6.07, 6.45) is 2.58. The zero-order valence-corrected chi connectivity index (χ0v) is 15.6. The van der Waals surface area contributed by atoms with Crippen molar-refractivity contribution in [1.82, 2.24) is 19.3 Å². The van der Waals surface area contributed by atoms with E-state index >= 15 is 0 Å². The van der Waals surface area contributed by atoms with E-state index in [9.17, 15) is 14.4 Å². The second-order valence-corrected chi connectivity index (χ2v) is 6.31. The first kappa shape index (κ1) is 18.5. The van der Waals surface area contributed by atoms with Crippen molar-refractivity contribution in [3.63, 3.8) is 0 Å². The van der Waals surface area contributed by atoms with E-state index in [4.69, 9.17) is 4.74 Å². The number of benzene rings is 1. The van der Waals surface area contributed by atoms with Gasteiger partial charge in [0.15, 0.2) is 17.5 Å². The van der Waals surface area contributed by atoms with Gasteiger partial charge in [0.1, 0.15) is 11.7 Å². The highest BCUT2D eigenvalue weighted by Gasteiger charge is 2.29. The largest absolute Gasteiger partial charge is 0.464 e. The average molecular weight is 368 g/mol. The van der Waals surface area contributed by atoms with Crippen LogP contribution in [0.4, 0.5) is 0 Å². The summed E-state index contributed by atoms with van der Waals surface area (Å²) in [4.78, 5) is 41.2. The van der Waals surface area contributed by atoms with Crippen molar-refractivity contribution in [2.24, 2.45) is 0 Å². The van der Waals surface area contributed by atoms with Crippen molar-refractivity contribution < 1.29 is 14.3 Å². The molecule has 27 heavy (non-hydrogen) atoms. The number of carbonyl (C=O) groups excluding carboxylic acids is 2. The number of carbonyl (C=O) groups is 2. The zero-order chi connectivity index (χ0) is 19.7. The van der Waals surface area contributed by atoms with E-state index in [1.165, 1.54) is 19.4 Å². The third kappa shape index (κ3) is 3.25. The molecule has 0 bridgehead atoms. The molecular formula is C19H20N4O4. The molecule has 2 heterocycles. The van der Waals surface area contributed by atoms with Crippen molar-refractivity contribution in [3.05, 3.63) is 52.2 Å². The summed E-state index contributed by atoms with van der Waals surface area (Å²) >= 11 is 0. The summed E-state index contributed by atoms with van der Waals surface area (Å²) in [5.41, 5.74) is 2.73. The van der Waals surface area contributed by atoms with Crippen molar-refractivity contribution >= 4 is 22.8 Å². The summed E-state index contributed by atoms with van der Waals surface area (Å²) in [6.45, 7) is 6.91. The number of fused-ring (bicyclic) bond motifs is 1. The fourth-order valence-electron chi connectivity index (χ4n) is 3.03. The molecule has 1 atom stereocenters. The van der Waals surface area contributed by atoms with E-state index in [2.05, 4.69) is 10.1 Å². The Morgan fingerprint density at radius 3 is 2.63 bits per heavy atom. The van der Waals surface area contributed by atoms with Gasteiger partial charge in [-0.05, 0) is 39.3 Å². The van der Waals surface area contributed by atoms with Crippen molar-refractivity contribution in [1.29, 1.82) is 0 Å². The predicted octanol–water partition coefficient (Wildman–Crippen LogP) is 1.89. The number of rotatable bonds is 5. The standard InChI is InChI=1S/C19H20N4O4/c1-5-27-19(26)16(13(4)24)22-10-20-17-14(18(22)25)9-21-23(17)15-7-6-11(2)8-12(15)3/h6-10,16H,5H2,1-4H3/t16-/m0/s1. The lowest BCUT2D eigenvalue weighted by Crippen LogP contribution is -2.35. The molecule has 0 aliphatic rings. The highest BCUT2D eigenvalue weighted by molar-refractivity contribution is 6.00. The van der Waals surface area contributed by atoms with Crippen LogP contribution in [0.5, 0.6) is 0 Å². The molecule has 0 fully saturated rings. The quantitative estimate of drug-likeness (QED) is 0.504. The number of hydrogen-bond acceptors (Lipinski definition) is 6. The number of Topliss-reactive ketones (excluding diaryl/α,β-unsaturated/α-hetero) is 1. The molecule has 0 radical (unpaired) electrons. The fourth-order valence-corrected chi connectivity index (χ4v) is 3.03. The number of ketones is 1. The SMILES string of the molecule is CCOC(=O)[C@H](C(C)=O)n1cnc2c(cnn2-c2ccc(C)cc2C)c1=O. The second-order valence-electron chi connectivity index (χ2n) is 6.31. The van der Waals surface area contributed by atoms with Crippen molar-refractivity contribution in [3.8, 4) is 5.69 Å². The van der Waals surface area contributed by atoms with Gasteiger partial charge in [-0.25, -0.2) is 14.5 Å². The maximum atomic E-state index is 12.9. The molecule has 8 nitrogen and oxygen atoms in total. The summed E-state index contributed by atoms with van der Waals surface area (Å²) in [6, 6.07) is 4.50. The number of aryl methyl sites for hydroxylation is 2. The van der Waals surface area contributed by atoms with Gasteiger partial charge in [-0.2, -0.15) is 5.10 Å². The maximum absolute atomic E-state index is 12.9. The number of nitrogens with zero attached hydrogens (tertiary/aromatic N) is 4. The Bertz CT molecular complexity index is 1100. The molecule has 0 spiro atoms. The van der Waals surface area contributed by atoms with Crippen LogP contribution in [-0.4, -0.2) is 37.7 Å². The van der Waals surface area contributed by atoms with Crippen LogP contribution in [0, 0.1) is 13.8 Å². The summed E-state index contributed by atoms with van der Waals surface area (Å²) in [7, 11) is 0. The fraction of sp³-hybridized carbons (Fsp3) is 0.316. The first-order valence-electron chi connectivity index (χ1n) is 8.54. The third-order valence-corrected chi connectivity index (χ3v) is 4.27. The third-order valence-electron chi connectivity index (χ3n) is 4.27. The van der Waals surface area contributed by atoms with Crippen LogP contribution in [0.15, 0.2) is 35.5 Å². The predicted molar refractivity (Wildman–Crippen MR) is 99.0 cm³/mol. The molecule has 3 aromatic rings. The summed E-state index contributed by atoms with van der Waals surface area (Å²) in [5.74, 6) is -1.28. The van der Waals surface area contributed by atoms with E-state index < -0.39 is 23.4 Å². The summed E-state index contributed by atoms with van der Waals surface area (Å²) < 4.78 is 7.49. The monoisotopic (exact) mass is 368 g/mol. The van der Waals surface area contributed by atoms with Gasteiger partial charge in [-0.3, -0.25) is 14.2 Å². The first-order chi connectivity index (χ1) is 12.8. The molecule has 3 rings (SSSR count). The molecule has 0 aliphatic carbocycles. The van der Waals surface area contributed by atoms with Crippen LogP contribution in [0.2, 0.25) is 0 Å². The van der Waals surface area contributed by atoms with E-state index in [1.54, 1.807) is 11.6 Å². The Kier molecular flexibility index (Phi) is 4.89. The topological polar surface area (TPSA) is 96.1 Å².